The molecule has 2 unspecified atom stereocenters. The van der Waals surface area contributed by atoms with Crippen LogP contribution in [0, 0.1) is 0 Å². The number of nitrogens with two attached hydrogens (primary N) is 1. The molecule has 0 aromatic rings. The van der Waals surface area contributed by atoms with E-state index in [1.165, 1.54) is 0 Å². The standard InChI is InChI=1S/C12H19N3O2/c1-4-5-15-11(16)14-10(13)12(15)6-8(2)17-9(3)7-12/h4,8-9H,1,5-7H2,2-3H3,(H2,13,14,16). The van der Waals surface area contributed by atoms with Crippen molar-refractivity contribution in [3.05, 3.63) is 12.7 Å². The van der Waals surface area contributed by atoms with Crippen molar-refractivity contribution in [3.63, 3.8) is 0 Å². The SMILES string of the molecule is C=CCN1C(=O)N=C(N)C12CC(C)OC(C)C2. The number of hydrogen-bond donors (Lipinski definition) is 1. The summed E-state index contributed by atoms with van der Waals surface area (Å²) in [7, 11) is 0. The van der Waals surface area contributed by atoms with Gasteiger partial charge in [-0.15, -0.1) is 6.58 Å². The van der Waals surface area contributed by atoms with Gasteiger partial charge in [-0.05, 0) is 13.8 Å². The van der Waals surface area contributed by atoms with Crippen molar-refractivity contribution in [2.24, 2.45) is 10.7 Å². The van der Waals surface area contributed by atoms with Gasteiger partial charge in [0.25, 0.3) is 0 Å². The molecule has 2 N–H and O–H groups in total. The zero-order valence-electron chi connectivity index (χ0n) is 10.3. The van der Waals surface area contributed by atoms with E-state index in [4.69, 9.17) is 10.5 Å². The molecule has 0 aromatic carbocycles. The lowest BCUT2D eigenvalue weighted by Crippen LogP contribution is -2.60. The van der Waals surface area contributed by atoms with E-state index in [9.17, 15) is 4.79 Å². The van der Waals surface area contributed by atoms with Gasteiger partial charge in [0.2, 0.25) is 0 Å². The number of hydrogen-bond acceptors (Lipinski definition) is 3. The highest BCUT2D eigenvalue weighted by atomic mass is 16.5. The molecule has 5 heteroatoms. The van der Waals surface area contributed by atoms with Crippen molar-refractivity contribution >= 4 is 11.9 Å². The summed E-state index contributed by atoms with van der Waals surface area (Å²) < 4.78 is 5.71. The molecule has 2 amide bonds. The first-order chi connectivity index (χ1) is 7.99. The lowest BCUT2D eigenvalue weighted by Gasteiger charge is -2.45. The van der Waals surface area contributed by atoms with Crippen LogP contribution in [-0.4, -0.2) is 41.1 Å². The highest BCUT2D eigenvalue weighted by Crippen LogP contribution is 2.37. The van der Waals surface area contributed by atoms with Crippen molar-refractivity contribution < 1.29 is 9.53 Å². The third-order valence-corrected chi connectivity index (χ3v) is 3.47. The van der Waals surface area contributed by atoms with Crippen molar-refractivity contribution in [1.29, 1.82) is 0 Å². The summed E-state index contributed by atoms with van der Waals surface area (Å²) >= 11 is 0. The third-order valence-electron chi connectivity index (χ3n) is 3.47. The minimum atomic E-state index is -0.470. The molecule has 2 rings (SSSR count). The van der Waals surface area contributed by atoms with Gasteiger partial charge >= 0.3 is 6.03 Å². The van der Waals surface area contributed by atoms with Gasteiger partial charge in [-0.25, -0.2) is 4.79 Å². The molecule has 0 radical (unpaired) electrons. The van der Waals surface area contributed by atoms with Crippen LogP contribution in [0.3, 0.4) is 0 Å². The Labute approximate surface area is 101 Å². The van der Waals surface area contributed by atoms with Gasteiger partial charge in [0.1, 0.15) is 11.4 Å². The number of aliphatic imine (C=N–C) groups is 1. The number of amidine groups is 1. The quantitative estimate of drug-likeness (QED) is 0.736. The van der Waals surface area contributed by atoms with Crippen molar-refractivity contribution in [1.82, 2.24) is 4.90 Å². The number of carbonyl (C=O) groups is 1. The third kappa shape index (κ3) is 1.84. The Hall–Kier alpha value is -1.36. The van der Waals surface area contributed by atoms with Crippen molar-refractivity contribution in [3.8, 4) is 0 Å². The van der Waals surface area contributed by atoms with E-state index in [0.29, 0.717) is 25.2 Å². The Morgan fingerprint density at radius 2 is 2.18 bits per heavy atom. The van der Waals surface area contributed by atoms with E-state index in [-0.39, 0.29) is 18.2 Å². The molecule has 0 aromatic heterocycles. The fourth-order valence-corrected chi connectivity index (χ4v) is 2.93. The molecular weight excluding hydrogens is 218 g/mol. The van der Waals surface area contributed by atoms with Crippen LogP contribution in [0.4, 0.5) is 4.79 Å². The summed E-state index contributed by atoms with van der Waals surface area (Å²) in [5.41, 5.74) is 5.51. The molecule has 2 aliphatic heterocycles. The Morgan fingerprint density at radius 3 is 2.71 bits per heavy atom. The van der Waals surface area contributed by atoms with E-state index < -0.39 is 5.54 Å². The summed E-state index contributed by atoms with van der Waals surface area (Å²) in [6, 6.07) is -0.260. The second-order valence-electron chi connectivity index (χ2n) is 4.88. The first kappa shape index (κ1) is 12.1. The first-order valence-corrected chi connectivity index (χ1v) is 5.92. The van der Waals surface area contributed by atoms with Gasteiger partial charge < -0.3 is 15.4 Å². The van der Waals surface area contributed by atoms with Crippen LogP contribution >= 0.6 is 0 Å². The minimum Gasteiger partial charge on any atom is -0.385 e. The van der Waals surface area contributed by atoms with E-state index in [0.717, 1.165) is 0 Å². The predicted octanol–water partition coefficient (Wildman–Crippen LogP) is 1.29. The average molecular weight is 237 g/mol. The van der Waals surface area contributed by atoms with E-state index in [2.05, 4.69) is 11.6 Å². The Bertz CT molecular complexity index is 368. The second-order valence-corrected chi connectivity index (χ2v) is 4.88. The summed E-state index contributed by atoms with van der Waals surface area (Å²) in [6.45, 7) is 8.16. The van der Waals surface area contributed by atoms with Gasteiger partial charge in [-0.1, -0.05) is 6.08 Å². The number of ether oxygens (including phenoxy) is 1. The van der Waals surface area contributed by atoms with Crippen LogP contribution in [-0.2, 0) is 4.74 Å². The highest BCUT2D eigenvalue weighted by molar-refractivity contribution is 6.06. The Morgan fingerprint density at radius 1 is 1.59 bits per heavy atom. The number of carbonyl (C=O) groups excluding carboxylic acids is 1. The topological polar surface area (TPSA) is 67.9 Å². The normalized spacial score (nSPS) is 37.4. The zero-order valence-corrected chi connectivity index (χ0v) is 10.3. The second kappa shape index (κ2) is 4.14. The Kier molecular flexibility index (Phi) is 2.95. The van der Waals surface area contributed by atoms with Gasteiger partial charge in [0.05, 0.1) is 12.2 Å². The first-order valence-electron chi connectivity index (χ1n) is 5.92. The molecule has 5 nitrogen and oxygen atoms in total. The van der Waals surface area contributed by atoms with Crippen LogP contribution in [0.25, 0.3) is 0 Å². The molecule has 1 spiro atoms. The molecular formula is C12H19N3O2. The van der Waals surface area contributed by atoms with Crippen LogP contribution in [0.2, 0.25) is 0 Å². The number of rotatable bonds is 2. The van der Waals surface area contributed by atoms with Crippen LogP contribution in [0.1, 0.15) is 26.7 Å². The summed E-state index contributed by atoms with van der Waals surface area (Å²) in [4.78, 5) is 17.5. The fraction of sp³-hybridized carbons (Fsp3) is 0.667. The van der Waals surface area contributed by atoms with E-state index in [1.54, 1.807) is 11.0 Å². The van der Waals surface area contributed by atoms with Crippen LogP contribution in [0.15, 0.2) is 17.6 Å². The minimum absolute atomic E-state index is 0.0747. The molecule has 0 aliphatic carbocycles. The molecule has 0 bridgehead atoms. The lowest BCUT2D eigenvalue weighted by molar-refractivity contribution is -0.0700. The summed E-state index contributed by atoms with van der Waals surface area (Å²) in [5.74, 6) is 0.423. The number of urea groups is 1. The smallest absolute Gasteiger partial charge is 0.346 e. The van der Waals surface area contributed by atoms with Crippen molar-refractivity contribution in [2.45, 2.75) is 44.4 Å². The molecule has 2 atom stereocenters. The molecule has 17 heavy (non-hydrogen) atoms. The molecule has 0 saturated carbocycles. The van der Waals surface area contributed by atoms with Gasteiger partial charge in [0, 0.05) is 19.4 Å². The summed E-state index contributed by atoms with van der Waals surface area (Å²) in [5, 5.41) is 0. The maximum absolute atomic E-state index is 11.8. The molecule has 1 fully saturated rings. The Balaban J connectivity index is 2.34. The highest BCUT2D eigenvalue weighted by Gasteiger charge is 2.51. The molecule has 2 aliphatic rings. The van der Waals surface area contributed by atoms with Crippen LogP contribution < -0.4 is 5.73 Å². The maximum Gasteiger partial charge on any atom is 0.346 e. The van der Waals surface area contributed by atoms with E-state index >= 15 is 0 Å². The van der Waals surface area contributed by atoms with Gasteiger partial charge in [0.15, 0.2) is 0 Å². The molecule has 2 heterocycles. The maximum atomic E-state index is 11.8. The predicted molar refractivity (Wildman–Crippen MR) is 65.9 cm³/mol. The largest absolute Gasteiger partial charge is 0.385 e. The average Bonchev–Trinajstić information content (AvgIpc) is 2.42. The number of nitrogens with zero attached hydrogens (tertiary/aromatic N) is 2. The molecule has 1 saturated heterocycles. The summed E-state index contributed by atoms with van der Waals surface area (Å²) in [6.07, 6.45) is 3.26. The van der Waals surface area contributed by atoms with E-state index in [1.807, 2.05) is 13.8 Å². The lowest BCUT2D eigenvalue weighted by atomic mass is 9.82. The van der Waals surface area contributed by atoms with Crippen molar-refractivity contribution in [2.75, 3.05) is 6.54 Å². The molecule has 94 valence electrons. The monoisotopic (exact) mass is 237 g/mol. The van der Waals surface area contributed by atoms with Gasteiger partial charge in [-0.3, -0.25) is 0 Å². The van der Waals surface area contributed by atoms with Crippen LogP contribution in [0.5, 0.6) is 0 Å². The zero-order chi connectivity index (χ0) is 12.6. The number of amides is 2. The fourth-order valence-electron chi connectivity index (χ4n) is 2.93. The van der Waals surface area contributed by atoms with Gasteiger partial charge in [-0.2, -0.15) is 4.99 Å².